The molecule has 0 aliphatic carbocycles. The molecule has 1 aliphatic rings. The van der Waals surface area contributed by atoms with Crippen LogP contribution in [0, 0.1) is 0 Å². The Labute approximate surface area is 54.3 Å². The van der Waals surface area contributed by atoms with Crippen LogP contribution in [0.15, 0.2) is 24.8 Å². The zero-order valence-electron chi connectivity index (χ0n) is 5.12. The van der Waals surface area contributed by atoms with E-state index in [2.05, 4.69) is 5.32 Å². The molecular weight excluding hydrogens is 116 g/mol. The third kappa shape index (κ3) is 1.77. The van der Waals surface area contributed by atoms with Crippen molar-refractivity contribution < 1.29 is 5.11 Å². The van der Waals surface area contributed by atoms with Gasteiger partial charge in [-0.1, -0.05) is 0 Å². The van der Waals surface area contributed by atoms with Crippen LogP contribution in [0.4, 0.5) is 0 Å². The topological polar surface area (TPSA) is 35.5 Å². The van der Waals surface area contributed by atoms with Gasteiger partial charge in [0, 0.05) is 31.3 Å². The van der Waals surface area contributed by atoms with E-state index in [0.29, 0.717) is 6.54 Å². The number of aliphatic hydroxyl groups excluding tert-OH is 1. The molecule has 50 valence electrons. The van der Waals surface area contributed by atoms with E-state index in [4.69, 9.17) is 5.11 Å². The maximum absolute atomic E-state index is 8.49. The minimum absolute atomic E-state index is 0.189. The number of rotatable bonds is 2. The number of hydrogen-bond acceptors (Lipinski definition) is 3. The summed E-state index contributed by atoms with van der Waals surface area (Å²) < 4.78 is 0. The van der Waals surface area contributed by atoms with Gasteiger partial charge in [-0.2, -0.15) is 0 Å². The van der Waals surface area contributed by atoms with E-state index in [1.807, 2.05) is 29.7 Å². The monoisotopic (exact) mass is 126 g/mol. The fraction of sp³-hybridized carbons (Fsp3) is 0.333. The molecule has 2 N–H and O–H groups in total. The first kappa shape index (κ1) is 6.16. The van der Waals surface area contributed by atoms with Crippen LogP contribution in [0.5, 0.6) is 0 Å². The number of hydrogen-bond donors (Lipinski definition) is 2. The lowest BCUT2D eigenvalue weighted by atomic mass is 10.5. The van der Waals surface area contributed by atoms with Crippen LogP contribution in [-0.4, -0.2) is 23.2 Å². The minimum Gasteiger partial charge on any atom is -0.395 e. The second-order valence-electron chi connectivity index (χ2n) is 1.76. The Morgan fingerprint density at radius 2 is 2.00 bits per heavy atom. The Bertz CT molecular complexity index is 119. The van der Waals surface area contributed by atoms with Crippen molar-refractivity contribution in [2.45, 2.75) is 0 Å². The summed E-state index contributed by atoms with van der Waals surface area (Å²) in [6, 6.07) is 0. The molecule has 9 heavy (non-hydrogen) atoms. The van der Waals surface area contributed by atoms with Crippen molar-refractivity contribution in [3.05, 3.63) is 24.8 Å². The summed E-state index contributed by atoms with van der Waals surface area (Å²) in [5.41, 5.74) is 0. The Hall–Kier alpha value is -0.960. The molecular formula is C6H10N2O. The van der Waals surface area contributed by atoms with Gasteiger partial charge in [0.25, 0.3) is 0 Å². The molecule has 0 saturated heterocycles. The fourth-order valence-electron chi connectivity index (χ4n) is 0.647. The third-order valence-electron chi connectivity index (χ3n) is 1.08. The number of β-amino-alcohol motifs (C(OH)–C–C–N with tert-alkyl or cyclic N) is 1. The standard InChI is InChI=1S/C6H10N2O/c9-6-5-8-3-1-7-2-4-8/h1-4,7,9H,5-6H2. The van der Waals surface area contributed by atoms with Gasteiger partial charge in [0.1, 0.15) is 0 Å². The Balaban J connectivity index is 2.31. The van der Waals surface area contributed by atoms with Crippen LogP contribution >= 0.6 is 0 Å². The molecule has 1 rings (SSSR count). The van der Waals surface area contributed by atoms with Crippen molar-refractivity contribution in [1.82, 2.24) is 10.2 Å². The third-order valence-corrected chi connectivity index (χ3v) is 1.08. The van der Waals surface area contributed by atoms with Crippen LogP contribution < -0.4 is 5.32 Å². The molecule has 0 aromatic carbocycles. The molecule has 0 spiro atoms. The van der Waals surface area contributed by atoms with Crippen molar-refractivity contribution in [3.63, 3.8) is 0 Å². The molecule has 0 aromatic heterocycles. The van der Waals surface area contributed by atoms with E-state index in [0.717, 1.165) is 0 Å². The molecule has 1 aliphatic heterocycles. The van der Waals surface area contributed by atoms with Gasteiger partial charge in [-0.3, -0.25) is 0 Å². The van der Waals surface area contributed by atoms with Crippen molar-refractivity contribution in [2.75, 3.05) is 13.2 Å². The summed E-state index contributed by atoms with van der Waals surface area (Å²) in [6.07, 6.45) is 7.37. The van der Waals surface area contributed by atoms with Gasteiger partial charge in [-0.15, -0.1) is 0 Å². The SMILES string of the molecule is OCCN1C=CNC=C1. The van der Waals surface area contributed by atoms with Crippen molar-refractivity contribution in [3.8, 4) is 0 Å². The van der Waals surface area contributed by atoms with Crippen molar-refractivity contribution >= 4 is 0 Å². The Morgan fingerprint density at radius 3 is 2.56 bits per heavy atom. The highest BCUT2D eigenvalue weighted by atomic mass is 16.3. The molecule has 0 unspecified atom stereocenters. The Kier molecular flexibility index (Phi) is 2.15. The average Bonchev–Trinajstić information content (AvgIpc) is 1.91. The summed E-state index contributed by atoms with van der Waals surface area (Å²) >= 11 is 0. The zero-order valence-corrected chi connectivity index (χ0v) is 5.12. The quantitative estimate of drug-likeness (QED) is 0.539. The largest absolute Gasteiger partial charge is 0.395 e. The van der Waals surface area contributed by atoms with Crippen molar-refractivity contribution in [2.24, 2.45) is 0 Å². The summed E-state index contributed by atoms with van der Waals surface area (Å²) in [4.78, 5) is 1.90. The fourth-order valence-corrected chi connectivity index (χ4v) is 0.647. The van der Waals surface area contributed by atoms with Crippen LogP contribution in [0.3, 0.4) is 0 Å². The molecule has 1 heterocycles. The highest BCUT2D eigenvalue weighted by Gasteiger charge is 1.92. The first-order valence-electron chi connectivity index (χ1n) is 2.89. The Morgan fingerprint density at radius 1 is 1.33 bits per heavy atom. The molecule has 3 heteroatoms. The molecule has 0 radical (unpaired) electrons. The summed E-state index contributed by atoms with van der Waals surface area (Å²) in [6.45, 7) is 0.851. The maximum atomic E-state index is 8.49. The lowest BCUT2D eigenvalue weighted by Gasteiger charge is -2.15. The van der Waals surface area contributed by atoms with Gasteiger partial charge < -0.3 is 15.3 Å². The first-order valence-corrected chi connectivity index (χ1v) is 2.89. The summed E-state index contributed by atoms with van der Waals surface area (Å²) in [5.74, 6) is 0. The summed E-state index contributed by atoms with van der Waals surface area (Å²) in [5, 5.41) is 11.4. The van der Waals surface area contributed by atoms with Gasteiger partial charge in [-0.05, 0) is 0 Å². The van der Waals surface area contributed by atoms with Crippen LogP contribution in [0.1, 0.15) is 0 Å². The molecule has 0 saturated carbocycles. The zero-order chi connectivity index (χ0) is 6.53. The predicted molar refractivity (Wildman–Crippen MR) is 35.2 cm³/mol. The van der Waals surface area contributed by atoms with Gasteiger partial charge >= 0.3 is 0 Å². The average molecular weight is 126 g/mol. The first-order chi connectivity index (χ1) is 4.43. The van der Waals surface area contributed by atoms with Gasteiger partial charge in [0.05, 0.1) is 6.61 Å². The van der Waals surface area contributed by atoms with E-state index in [1.54, 1.807) is 0 Å². The van der Waals surface area contributed by atoms with Crippen LogP contribution in [0.25, 0.3) is 0 Å². The predicted octanol–water partition coefficient (Wildman–Crippen LogP) is -0.174. The summed E-state index contributed by atoms with van der Waals surface area (Å²) in [7, 11) is 0. The van der Waals surface area contributed by atoms with Gasteiger partial charge in [-0.25, -0.2) is 0 Å². The lowest BCUT2D eigenvalue weighted by molar-refractivity contribution is 0.262. The smallest absolute Gasteiger partial charge is 0.0610 e. The van der Waals surface area contributed by atoms with Crippen LogP contribution in [0.2, 0.25) is 0 Å². The van der Waals surface area contributed by atoms with Crippen LogP contribution in [-0.2, 0) is 0 Å². The van der Waals surface area contributed by atoms with E-state index in [9.17, 15) is 0 Å². The molecule has 0 aromatic rings. The van der Waals surface area contributed by atoms with E-state index < -0.39 is 0 Å². The molecule has 0 atom stereocenters. The molecule has 0 bridgehead atoms. The number of aliphatic hydroxyl groups is 1. The van der Waals surface area contributed by atoms with E-state index >= 15 is 0 Å². The molecule has 0 amide bonds. The molecule has 3 nitrogen and oxygen atoms in total. The van der Waals surface area contributed by atoms with E-state index in [1.165, 1.54) is 0 Å². The normalized spacial score (nSPS) is 15.9. The highest BCUT2D eigenvalue weighted by Crippen LogP contribution is 1.92. The highest BCUT2D eigenvalue weighted by molar-refractivity contribution is 4.98. The number of nitrogens with one attached hydrogen (secondary N) is 1. The maximum Gasteiger partial charge on any atom is 0.0610 e. The van der Waals surface area contributed by atoms with Gasteiger partial charge in [0.2, 0.25) is 0 Å². The van der Waals surface area contributed by atoms with E-state index in [-0.39, 0.29) is 6.61 Å². The van der Waals surface area contributed by atoms with Gasteiger partial charge in [0.15, 0.2) is 0 Å². The van der Waals surface area contributed by atoms with Crippen molar-refractivity contribution in [1.29, 1.82) is 0 Å². The minimum atomic E-state index is 0.189. The number of nitrogens with zero attached hydrogens (tertiary/aromatic N) is 1. The second kappa shape index (κ2) is 3.14. The molecule has 0 fully saturated rings. The lowest BCUT2D eigenvalue weighted by Crippen LogP contribution is -2.18. The second-order valence-corrected chi connectivity index (χ2v) is 1.76.